The fourth-order valence-corrected chi connectivity index (χ4v) is 1.77. The third-order valence-corrected chi connectivity index (χ3v) is 3.12. The van der Waals surface area contributed by atoms with E-state index in [9.17, 15) is 4.39 Å². The third kappa shape index (κ3) is 3.82. The third-order valence-electron chi connectivity index (χ3n) is 3.12. The first-order chi connectivity index (χ1) is 9.54. The van der Waals surface area contributed by atoms with Gasteiger partial charge in [-0.15, -0.1) is 0 Å². The molecule has 0 aliphatic rings. The minimum atomic E-state index is -0.251. The molecular formula is C16H18FN3. The number of rotatable bonds is 3. The van der Waals surface area contributed by atoms with E-state index in [1.807, 2.05) is 25.1 Å². The SMILES string of the molecule is Cc1ccc(NC(N)=NCc2ccc(F)cc2)cc1C. The van der Waals surface area contributed by atoms with Crippen molar-refractivity contribution in [3.05, 3.63) is 65.0 Å². The average molecular weight is 271 g/mol. The van der Waals surface area contributed by atoms with Gasteiger partial charge in [-0.3, -0.25) is 0 Å². The molecule has 0 radical (unpaired) electrons. The van der Waals surface area contributed by atoms with E-state index < -0.39 is 0 Å². The standard InChI is InChI=1S/C16H18FN3/c1-11-3-8-15(9-12(11)2)20-16(18)19-10-13-4-6-14(17)7-5-13/h3-9H,10H2,1-2H3,(H3,18,19,20). The van der Waals surface area contributed by atoms with Crippen molar-refractivity contribution in [2.24, 2.45) is 10.7 Å². The van der Waals surface area contributed by atoms with Gasteiger partial charge in [-0.2, -0.15) is 0 Å². The van der Waals surface area contributed by atoms with Gasteiger partial charge < -0.3 is 11.1 Å². The van der Waals surface area contributed by atoms with E-state index in [1.165, 1.54) is 23.3 Å². The summed E-state index contributed by atoms with van der Waals surface area (Å²) in [5.74, 6) is 0.0940. The molecule has 0 aliphatic carbocycles. The van der Waals surface area contributed by atoms with Crippen LogP contribution in [0.4, 0.5) is 10.1 Å². The van der Waals surface area contributed by atoms with Crippen LogP contribution in [-0.4, -0.2) is 5.96 Å². The van der Waals surface area contributed by atoms with Crippen LogP contribution in [0, 0.1) is 19.7 Å². The van der Waals surface area contributed by atoms with E-state index in [1.54, 1.807) is 12.1 Å². The van der Waals surface area contributed by atoms with Crippen molar-refractivity contribution in [3.63, 3.8) is 0 Å². The number of hydrogen-bond donors (Lipinski definition) is 2. The van der Waals surface area contributed by atoms with Gasteiger partial charge in [-0.1, -0.05) is 18.2 Å². The van der Waals surface area contributed by atoms with E-state index in [0.717, 1.165) is 11.3 Å². The Bertz CT molecular complexity index is 618. The number of hydrogen-bond acceptors (Lipinski definition) is 1. The van der Waals surface area contributed by atoms with Crippen LogP contribution < -0.4 is 11.1 Å². The van der Waals surface area contributed by atoms with Crippen LogP contribution in [0.3, 0.4) is 0 Å². The second kappa shape index (κ2) is 6.19. The minimum Gasteiger partial charge on any atom is -0.370 e. The second-order valence-corrected chi connectivity index (χ2v) is 4.75. The van der Waals surface area contributed by atoms with Crippen LogP contribution in [0.15, 0.2) is 47.5 Å². The van der Waals surface area contributed by atoms with E-state index in [0.29, 0.717) is 12.5 Å². The molecule has 0 aliphatic heterocycles. The number of halogens is 1. The lowest BCUT2D eigenvalue weighted by Gasteiger charge is -2.08. The molecular weight excluding hydrogens is 253 g/mol. The van der Waals surface area contributed by atoms with Gasteiger partial charge >= 0.3 is 0 Å². The second-order valence-electron chi connectivity index (χ2n) is 4.75. The molecule has 3 N–H and O–H groups in total. The molecule has 0 atom stereocenters. The average Bonchev–Trinajstić information content (AvgIpc) is 2.42. The number of aliphatic imine (C=N–C) groups is 1. The van der Waals surface area contributed by atoms with E-state index in [2.05, 4.69) is 17.2 Å². The van der Waals surface area contributed by atoms with Crippen molar-refractivity contribution in [1.82, 2.24) is 0 Å². The molecule has 0 spiro atoms. The van der Waals surface area contributed by atoms with Crippen molar-refractivity contribution in [1.29, 1.82) is 0 Å². The van der Waals surface area contributed by atoms with Gasteiger partial charge in [0.2, 0.25) is 0 Å². The van der Waals surface area contributed by atoms with Gasteiger partial charge in [0.1, 0.15) is 5.82 Å². The summed E-state index contributed by atoms with van der Waals surface area (Å²) in [5, 5.41) is 3.05. The summed E-state index contributed by atoms with van der Waals surface area (Å²) in [4.78, 5) is 4.23. The van der Waals surface area contributed by atoms with Gasteiger partial charge in [0.25, 0.3) is 0 Å². The van der Waals surface area contributed by atoms with Crippen molar-refractivity contribution in [2.45, 2.75) is 20.4 Å². The number of nitrogens with one attached hydrogen (secondary N) is 1. The molecule has 104 valence electrons. The highest BCUT2D eigenvalue weighted by Crippen LogP contribution is 2.13. The smallest absolute Gasteiger partial charge is 0.193 e. The topological polar surface area (TPSA) is 50.4 Å². The number of guanidine groups is 1. The maximum absolute atomic E-state index is 12.8. The molecule has 0 amide bonds. The van der Waals surface area contributed by atoms with Gasteiger partial charge in [0, 0.05) is 5.69 Å². The molecule has 0 aromatic heterocycles. The normalized spacial score (nSPS) is 11.4. The fourth-order valence-electron chi connectivity index (χ4n) is 1.77. The van der Waals surface area contributed by atoms with Crippen molar-refractivity contribution >= 4 is 11.6 Å². The van der Waals surface area contributed by atoms with Gasteiger partial charge in [-0.25, -0.2) is 9.38 Å². The molecule has 0 heterocycles. The first-order valence-corrected chi connectivity index (χ1v) is 6.43. The molecule has 2 aromatic rings. The summed E-state index contributed by atoms with van der Waals surface area (Å²) < 4.78 is 12.8. The fraction of sp³-hybridized carbons (Fsp3) is 0.188. The van der Waals surface area contributed by atoms with Crippen LogP contribution in [0.5, 0.6) is 0 Å². The zero-order valence-corrected chi connectivity index (χ0v) is 11.7. The Kier molecular flexibility index (Phi) is 4.35. The number of anilines is 1. The van der Waals surface area contributed by atoms with Crippen molar-refractivity contribution < 1.29 is 4.39 Å². The first-order valence-electron chi connectivity index (χ1n) is 6.43. The van der Waals surface area contributed by atoms with Crippen LogP contribution in [0.2, 0.25) is 0 Å². The summed E-state index contributed by atoms with van der Waals surface area (Å²) in [7, 11) is 0. The number of nitrogens with zero attached hydrogens (tertiary/aromatic N) is 1. The lowest BCUT2D eigenvalue weighted by molar-refractivity contribution is 0.627. The number of benzene rings is 2. The monoisotopic (exact) mass is 271 g/mol. The highest BCUT2D eigenvalue weighted by molar-refractivity contribution is 5.92. The minimum absolute atomic E-state index is 0.251. The van der Waals surface area contributed by atoms with E-state index >= 15 is 0 Å². The van der Waals surface area contributed by atoms with E-state index in [-0.39, 0.29) is 5.82 Å². The highest BCUT2D eigenvalue weighted by Gasteiger charge is 1.98. The van der Waals surface area contributed by atoms with Crippen LogP contribution in [0.25, 0.3) is 0 Å². The van der Waals surface area contributed by atoms with Gasteiger partial charge in [0.15, 0.2) is 5.96 Å². The Morgan fingerprint density at radius 3 is 2.45 bits per heavy atom. The molecule has 20 heavy (non-hydrogen) atoms. The Hall–Kier alpha value is -2.36. The van der Waals surface area contributed by atoms with Crippen LogP contribution >= 0.6 is 0 Å². The summed E-state index contributed by atoms with van der Waals surface area (Å²) >= 11 is 0. The zero-order valence-electron chi connectivity index (χ0n) is 11.7. The Labute approximate surface area is 118 Å². The first kappa shape index (κ1) is 14.1. The molecule has 2 rings (SSSR count). The van der Waals surface area contributed by atoms with Crippen molar-refractivity contribution in [2.75, 3.05) is 5.32 Å². The van der Waals surface area contributed by atoms with Gasteiger partial charge in [-0.05, 0) is 54.8 Å². The summed E-state index contributed by atoms with van der Waals surface area (Å²) in [5.41, 5.74) is 10.1. The lowest BCUT2D eigenvalue weighted by atomic mass is 10.1. The molecule has 0 unspecified atom stereocenters. The van der Waals surface area contributed by atoms with Crippen molar-refractivity contribution in [3.8, 4) is 0 Å². The summed E-state index contributed by atoms with van der Waals surface area (Å²) in [6.45, 7) is 4.53. The Balaban J connectivity index is 2.00. The molecule has 0 bridgehead atoms. The predicted octanol–water partition coefficient (Wildman–Crippen LogP) is 3.37. The molecule has 0 saturated heterocycles. The molecule has 3 nitrogen and oxygen atoms in total. The summed E-state index contributed by atoms with van der Waals surface area (Å²) in [6, 6.07) is 12.2. The van der Waals surface area contributed by atoms with Crippen LogP contribution in [0.1, 0.15) is 16.7 Å². The molecule has 4 heteroatoms. The maximum atomic E-state index is 12.8. The largest absolute Gasteiger partial charge is 0.370 e. The predicted molar refractivity (Wildman–Crippen MR) is 81.3 cm³/mol. The number of nitrogens with two attached hydrogens (primary N) is 1. The number of aryl methyl sites for hydroxylation is 2. The lowest BCUT2D eigenvalue weighted by Crippen LogP contribution is -2.22. The summed E-state index contributed by atoms with van der Waals surface area (Å²) in [6.07, 6.45) is 0. The van der Waals surface area contributed by atoms with Gasteiger partial charge in [0.05, 0.1) is 6.54 Å². The maximum Gasteiger partial charge on any atom is 0.193 e. The molecule has 2 aromatic carbocycles. The Morgan fingerprint density at radius 1 is 1.10 bits per heavy atom. The highest BCUT2D eigenvalue weighted by atomic mass is 19.1. The molecule has 0 fully saturated rings. The van der Waals surface area contributed by atoms with Crippen LogP contribution in [-0.2, 0) is 6.54 Å². The van der Waals surface area contributed by atoms with E-state index in [4.69, 9.17) is 5.73 Å². The quantitative estimate of drug-likeness (QED) is 0.664. The zero-order chi connectivity index (χ0) is 14.5. The Morgan fingerprint density at radius 2 is 1.80 bits per heavy atom. The molecule has 0 saturated carbocycles.